The Morgan fingerprint density at radius 3 is 2.38 bits per heavy atom. The van der Waals surface area contributed by atoms with Crippen LogP contribution in [-0.4, -0.2) is 21.4 Å². The van der Waals surface area contributed by atoms with Crippen molar-refractivity contribution in [2.45, 2.75) is 64.4 Å². The van der Waals surface area contributed by atoms with Gasteiger partial charge in [0.15, 0.2) is 0 Å². The summed E-state index contributed by atoms with van der Waals surface area (Å²) < 4.78 is 0. The number of benzene rings is 1. The number of allylic oxidation sites excluding steroid dienone is 1. The summed E-state index contributed by atoms with van der Waals surface area (Å²) in [5, 5.41) is 31.7. The maximum Gasteiger partial charge on any atom is 0.123 e. The summed E-state index contributed by atoms with van der Waals surface area (Å²) in [6.07, 6.45) is 4.92. The number of unbranched alkanes of at least 4 members (excludes halogenated alkanes) is 2. The Hall–Kier alpha value is -1.74. The monoisotopic (exact) mass is 330 g/mol. The summed E-state index contributed by atoms with van der Waals surface area (Å²) in [5.74, 6) is -0.250. The van der Waals surface area contributed by atoms with Crippen molar-refractivity contribution in [2.24, 2.45) is 5.92 Å². The average Bonchev–Trinajstić information content (AvgIpc) is 2.51. The summed E-state index contributed by atoms with van der Waals surface area (Å²) in [5.41, 5.74) is 3.06. The van der Waals surface area contributed by atoms with E-state index in [2.05, 4.69) is 20.1 Å². The third-order valence-electron chi connectivity index (χ3n) is 5.20. The molecule has 0 bridgehead atoms. The Morgan fingerprint density at radius 2 is 1.83 bits per heavy atom. The number of hydrogen-bond acceptors (Lipinski definition) is 3. The topological polar surface area (TPSA) is 60.7 Å². The van der Waals surface area contributed by atoms with E-state index in [0.717, 1.165) is 55.2 Å². The van der Waals surface area contributed by atoms with Gasteiger partial charge in [0, 0.05) is 11.5 Å². The van der Waals surface area contributed by atoms with Crippen molar-refractivity contribution < 1.29 is 15.3 Å². The van der Waals surface area contributed by atoms with Gasteiger partial charge in [-0.1, -0.05) is 38.5 Å². The minimum atomic E-state index is -0.775. The molecule has 2 rings (SSSR count). The average molecular weight is 330 g/mol. The highest BCUT2D eigenvalue weighted by atomic mass is 16.3. The van der Waals surface area contributed by atoms with Crippen LogP contribution in [0, 0.1) is 5.92 Å². The van der Waals surface area contributed by atoms with E-state index in [1.165, 1.54) is 0 Å². The third-order valence-corrected chi connectivity index (χ3v) is 5.20. The molecule has 0 heterocycles. The molecule has 1 aliphatic rings. The molecule has 1 saturated carbocycles. The molecule has 0 amide bonds. The Bertz CT molecular complexity index is 595. The molecule has 1 aliphatic carbocycles. The van der Waals surface area contributed by atoms with Crippen molar-refractivity contribution in [3.63, 3.8) is 0 Å². The van der Waals surface area contributed by atoms with E-state index in [4.69, 9.17) is 0 Å². The fourth-order valence-electron chi connectivity index (χ4n) is 3.80. The second-order valence-corrected chi connectivity index (χ2v) is 7.13. The molecule has 1 aromatic rings. The first-order valence-corrected chi connectivity index (χ1v) is 8.92. The SMILES string of the molecule is C=C1CC[C@@H](C(=C)C)C(c2c(O)cc(CCCCC)cc2O)[C@H]1O. The van der Waals surface area contributed by atoms with Crippen LogP contribution in [0.2, 0.25) is 0 Å². The molecule has 3 heteroatoms. The molecule has 3 nitrogen and oxygen atoms in total. The van der Waals surface area contributed by atoms with E-state index in [0.29, 0.717) is 5.56 Å². The van der Waals surface area contributed by atoms with Gasteiger partial charge in [-0.15, -0.1) is 0 Å². The van der Waals surface area contributed by atoms with Gasteiger partial charge in [-0.05, 0) is 61.8 Å². The molecule has 24 heavy (non-hydrogen) atoms. The van der Waals surface area contributed by atoms with Crippen LogP contribution < -0.4 is 0 Å². The minimum Gasteiger partial charge on any atom is -0.508 e. The van der Waals surface area contributed by atoms with Crippen LogP contribution in [0.1, 0.15) is 63.0 Å². The standard InChI is InChI=1S/C21H30O3/c1-5-6-7-8-15-11-17(22)20(18(23)12-15)19-16(13(2)3)10-9-14(4)21(19)24/h11-12,16,19,21-24H,2,4-10H2,1,3H3/t16-,19?,21-/m0/s1. The van der Waals surface area contributed by atoms with Gasteiger partial charge < -0.3 is 15.3 Å². The van der Waals surface area contributed by atoms with E-state index in [9.17, 15) is 15.3 Å². The van der Waals surface area contributed by atoms with Gasteiger partial charge in [-0.2, -0.15) is 0 Å². The van der Waals surface area contributed by atoms with Gasteiger partial charge >= 0.3 is 0 Å². The number of rotatable bonds is 6. The first-order chi connectivity index (χ1) is 11.4. The molecular weight excluding hydrogens is 300 g/mol. The van der Waals surface area contributed by atoms with E-state index in [-0.39, 0.29) is 17.4 Å². The molecule has 0 aromatic heterocycles. The normalized spacial score (nSPS) is 24.1. The largest absolute Gasteiger partial charge is 0.508 e. The predicted octanol–water partition coefficient (Wildman–Crippen LogP) is 4.82. The molecule has 0 saturated heterocycles. The van der Waals surface area contributed by atoms with Crippen LogP contribution in [0.3, 0.4) is 0 Å². The lowest BCUT2D eigenvalue weighted by atomic mass is 9.69. The zero-order valence-electron chi connectivity index (χ0n) is 14.9. The van der Waals surface area contributed by atoms with Crippen molar-refractivity contribution in [3.8, 4) is 11.5 Å². The fourth-order valence-corrected chi connectivity index (χ4v) is 3.80. The van der Waals surface area contributed by atoms with Crippen molar-refractivity contribution in [3.05, 3.63) is 47.6 Å². The highest BCUT2D eigenvalue weighted by Gasteiger charge is 2.38. The van der Waals surface area contributed by atoms with Gasteiger partial charge in [0.1, 0.15) is 11.5 Å². The van der Waals surface area contributed by atoms with Gasteiger partial charge in [0.05, 0.1) is 6.10 Å². The highest BCUT2D eigenvalue weighted by Crippen LogP contribution is 2.48. The number of hydrogen-bond donors (Lipinski definition) is 3. The maximum atomic E-state index is 10.6. The molecule has 3 atom stereocenters. The molecule has 1 aromatic carbocycles. The second-order valence-electron chi connectivity index (χ2n) is 7.13. The predicted molar refractivity (Wildman–Crippen MR) is 98.4 cm³/mol. The summed E-state index contributed by atoms with van der Waals surface area (Å²) in [6.45, 7) is 12.1. The zero-order chi connectivity index (χ0) is 17.9. The van der Waals surface area contributed by atoms with E-state index in [1.807, 2.05) is 6.92 Å². The Balaban J connectivity index is 2.37. The van der Waals surface area contributed by atoms with E-state index < -0.39 is 12.0 Å². The van der Waals surface area contributed by atoms with Crippen LogP contribution in [-0.2, 0) is 6.42 Å². The minimum absolute atomic E-state index is 0.0215. The van der Waals surface area contributed by atoms with Crippen LogP contribution in [0.15, 0.2) is 36.4 Å². The van der Waals surface area contributed by atoms with Crippen molar-refractivity contribution in [2.75, 3.05) is 0 Å². The highest BCUT2D eigenvalue weighted by molar-refractivity contribution is 5.51. The first-order valence-electron chi connectivity index (χ1n) is 8.92. The van der Waals surface area contributed by atoms with Gasteiger partial charge in [0.2, 0.25) is 0 Å². The van der Waals surface area contributed by atoms with Gasteiger partial charge in [-0.3, -0.25) is 0 Å². The molecule has 3 N–H and O–H groups in total. The van der Waals surface area contributed by atoms with E-state index in [1.54, 1.807) is 12.1 Å². The summed E-state index contributed by atoms with van der Waals surface area (Å²) in [6, 6.07) is 3.45. The number of aryl methyl sites for hydroxylation is 1. The van der Waals surface area contributed by atoms with Crippen molar-refractivity contribution in [1.82, 2.24) is 0 Å². The number of aliphatic hydroxyl groups excluding tert-OH is 1. The fraction of sp³-hybridized carbons (Fsp3) is 0.524. The molecule has 1 fully saturated rings. The van der Waals surface area contributed by atoms with Crippen LogP contribution in [0.4, 0.5) is 0 Å². The lowest BCUT2D eigenvalue weighted by Crippen LogP contribution is -2.32. The molecule has 0 aliphatic heterocycles. The Labute approximate surface area is 145 Å². The third kappa shape index (κ3) is 3.84. The molecule has 0 radical (unpaired) electrons. The Kier molecular flexibility index (Phi) is 6.11. The van der Waals surface area contributed by atoms with Gasteiger partial charge in [-0.25, -0.2) is 0 Å². The lowest BCUT2D eigenvalue weighted by Gasteiger charge is -2.38. The zero-order valence-corrected chi connectivity index (χ0v) is 14.9. The van der Waals surface area contributed by atoms with Crippen LogP contribution in [0.25, 0.3) is 0 Å². The van der Waals surface area contributed by atoms with Crippen LogP contribution >= 0.6 is 0 Å². The number of aromatic hydroxyl groups is 2. The number of phenolic OH excluding ortho intramolecular Hbond substituents is 2. The molecule has 132 valence electrons. The first kappa shape index (κ1) is 18.6. The van der Waals surface area contributed by atoms with Crippen LogP contribution in [0.5, 0.6) is 11.5 Å². The molecule has 0 spiro atoms. The van der Waals surface area contributed by atoms with Crippen molar-refractivity contribution >= 4 is 0 Å². The van der Waals surface area contributed by atoms with Gasteiger partial charge in [0.25, 0.3) is 0 Å². The molecular formula is C21H30O3. The maximum absolute atomic E-state index is 10.6. The Morgan fingerprint density at radius 1 is 1.21 bits per heavy atom. The number of phenols is 2. The van der Waals surface area contributed by atoms with Crippen molar-refractivity contribution in [1.29, 1.82) is 0 Å². The summed E-state index contributed by atoms with van der Waals surface area (Å²) >= 11 is 0. The quantitative estimate of drug-likeness (QED) is 0.518. The second kappa shape index (κ2) is 7.89. The number of aliphatic hydroxyl groups is 1. The van der Waals surface area contributed by atoms with E-state index >= 15 is 0 Å². The summed E-state index contributed by atoms with van der Waals surface area (Å²) in [4.78, 5) is 0. The molecule has 1 unspecified atom stereocenters. The lowest BCUT2D eigenvalue weighted by molar-refractivity contribution is 0.127. The smallest absolute Gasteiger partial charge is 0.123 e. The summed E-state index contributed by atoms with van der Waals surface area (Å²) in [7, 11) is 0.